The zero-order valence-electron chi connectivity index (χ0n) is 16.7. The van der Waals surface area contributed by atoms with Gasteiger partial charge in [0.15, 0.2) is 0 Å². The van der Waals surface area contributed by atoms with Crippen LogP contribution in [0.1, 0.15) is 76.7 Å². The SMILES string of the molecule is CCCCCCCOC1CCC(CCc2ccc(S(F)(F)(F)(F)F)cc2)CC1. The van der Waals surface area contributed by atoms with Crippen molar-refractivity contribution in [1.29, 1.82) is 0 Å². The van der Waals surface area contributed by atoms with E-state index in [1.54, 1.807) is 0 Å². The monoisotopic (exact) mass is 428 g/mol. The summed E-state index contributed by atoms with van der Waals surface area (Å²) in [4.78, 5) is -1.81. The molecule has 7 heteroatoms. The molecule has 0 atom stereocenters. The fraction of sp³-hybridized carbons (Fsp3) is 0.714. The molecule has 0 amide bonds. The molecule has 0 radical (unpaired) electrons. The first-order valence-electron chi connectivity index (χ1n) is 10.4. The van der Waals surface area contributed by atoms with Crippen LogP contribution in [-0.4, -0.2) is 12.7 Å². The summed E-state index contributed by atoms with van der Waals surface area (Å²) in [7, 11) is -9.56. The normalized spacial score (nSPS) is 23.2. The van der Waals surface area contributed by atoms with E-state index in [0.717, 1.165) is 45.1 Å². The fourth-order valence-electron chi connectivity index (χ4n) is 3.83. The summed E-state index contributed by atoms with van der Waals surface area (Å²) in [6.45, 7) is 3.03. The minimum Gasteiger partial charge on any atom is -0.378 e. The molecule has 2 rings (SSSR count). The molecule has 1 aromatic rings. The lowest BCUT2D eigenvalue weighted by molar-refractivity contribution is 0.0153. The van der Waals surface area contributed by atoms with E-state index in [2.05, 4.69) is 6.92 Å². The van der Waals surface area contributed by atoms with Crippen LogP contribution in [-0.2, 0) is 11.2 Å². The molecular weight excluding hydrogens is 395 g/mol. The van der Waals surface area contributed by atoms with Crippen molar-refractivity contribution < 1.29 is 24.2 Å². The fourth-order valence-corrected chi connectivity index (χ4v) is 4.48. The number of halogens is 5. The number of unbranched alkanes of at least 4 members (excludes halogenated alkanes) is 4. The summed E-state index contributed by atoms with van der Waals surface area (Å²) in [6.07, 6.45) is 12.2. The molecular formula is C21H33F5OS. The van der Waals surface area contributed by atoms with E-state index in [-0.39, 0.29) is 0 Å². The average Bonchev–Trinajstić information content (AvgIpc) is 2.62. The van der Waals surface area contributed by atoms with Crippen molar-refractivity contribution in [2.75, 3.05) is 6.61 Å². The van der Waals surface area contributed by atoms with Crippen molar-refractivity contribution in [1.82, 2.24) is 0 Å². The third-order valence-corrected chi connectivity index (χ3v) is 6.77. The summed E-state index contributed by atoms with van der Waals surface area (Å²) in [5.74, 6) is 0.528. The Balaban J connectivity index is 1.66. The Labute approximate surface area is 165 Å². The van der Waals surface area contributed by atoms with Crippen LogP contribution in [0.4, 0.5) is 19.4 Å². The highest BCUT2D eigenvalue weighted by atomic mass is 32.5. The van der Waals surface area contributed by atoms with Gasteiger partial charge in [-0.3, -0.25) is 0 Å². The smallest absolute Gasteiger partial charge is 0.310 e. The molecule has 1 aliphatic rings. The van der Waals surface area contributed by atoms with E-state index in [1.165, 1.54) is 37.8 Å². The first-order valence-corrected chi connectivity index (χ1v) is 12.4. The summed E-state index contributed by atoms with van der Waals surface area (Å²) >= 11 is 0. The van der Waals surface area contributed by atoms with E-state index in [0.29, 0.717) is 36.1 Å². The molecule has 0 aliphatic heterocycles. The predicted molar refractivity (Wildman–Crippen MR) is 107 cm³/mol. The Morgan fingerprint density at radius 3 is 2.04 bits per heavy atom. The molecule has 0 spiro atoms. The van der Waals surface area contributed by atoms with Gasteiger partial charge in [0.2, 0.25) is 0 Å². The lowest BCUT2D eigenvalue weighted by Gasteiger charge is -2.40. The van der Waals surface area contributed by atoms with Crippen molar-refractivity contribution in [3.8, 4) is 0 Å². The number of hydrogen-bond donors (Lipinski definition) is 0. The third-order valence-electron chi connectivity index (χ3n) is 5.61. The lowest BCUT2D eigenvalue weighted by atomic mass is 9.84. The lowest BCUT2D eigenvalue weighted by Crippen LogP contribution is -2.22. The number of aryl methyl sites for hydroxylation is 1. The van der Waals surface area contributed by atoms with Gasteiger partial charge in [-0.15, -0.1) is 0 Å². The van der Waals surface area contributed by atoms with Gasteiger partial charge in [-0.2, -0.15) is 0 Å². The summed E-state index contributed by atoms with van der Waals surface area (Å²) < 4.78 is 69.7. The van der Waals surface area contributed by atoms with E-state index < -0.39 is 15.1 Å². The second-order valence-electron chi connectivity index (χ2n) is 8.08. The number of rotatable bonds is 11. The Hall–Kier alpha value is -0.820. The van der Waals surface area contributed by atoms with Gasteiger partial charge in [-0.05, 0) is 68.6 Å². The standard InChI is InChI=1S/C21H33F5OS/c1-2-3-4-5-6-17-27-20-13-9-18(10-14-20)7-8-19-11-15-21(16-12-19)28(22,23,24,25)26/h11-12,15-16,18,20H,2-10,13-14,17H2,1H3. The molecule has 0 heterocycles. The molecule has 0 aromatic heterocycles. The maximum Gasteiger partial charge on any atom is 0.310 e. The number of ether oxygens (including phenoxy) is 1. The second kappa shape index (κ2) is 8.90. The van der Waals surface area contributed by atoms with Crippen molar-refractivity contribution >= 4 is 10.2 Å². The average molecular weight is 429 g/mol. The van der Waals surface area contributed by atoms with E-state index >= 15 is 0 Å². The van der Waals surface area contributed by atoms with Crippen LogP contribution in [0.15, 0.2) is 29.2 Å². The minimum absolute atomic E-state index is 0.333. The summed E-state index contributed by atoms with van der Waals surface area (Å²) in [6, 6.07) is 3.39. The quantitative estimate of drug-likeness (QED) is 0.253. The Kier molecular flexibility index (Phi) is 7.46. The number of hydrogen-bond acceptors (Lipinski definition) is 1. The third kappa shape index (κ3) is 8.27. The van der Waals surface area contributed by atoms with Crippen LogP contribution < -0.4 is 0 Å². The first-order chi connectivity index (χ1) is 13.0. The maximum absolute atomic E-state index is 12.7. The summed E-state index contributed by atoms with van der Waals surface area (Å²) in [5, 5.41) is 0. The Morgan fingerprint density at radius 2 is 1.46 bits per heavy atom. The van der Waals surface area contributed by atoms with Crippen LogP contribution in [0.5, 0.6) is 0 Å². The highest BCUT2D eigenvalue weighted by molar-refractivity contribution is 8.45. The van der Waals surface area contributed by atoms with E-state index in [9.17, 15) is 19.4 Å². The van der Waals surface area contributed by atoms with E-state index in [4.69, 9.17) is 4.74 Å². The molecule has 0 saturated heterocycles. The van der Waals surface area contributed by atoms with Gasteiger partial charge in [-0.25, -0.2) is 0 Å². The van der Waals surface area contributed by atoms with Gasteiger partial charge in [-0.1, -0.05) is 64.2 Å². The molecule has 0 unspecified atom stereocenters. The zero-order chi connectivity index (χ0) is 20.7. The van der Waals surface area contributed by atoms with Gasteiger partial charge in [0.1, 0.15) is 4.90 Å². The maximum atomic E-state index is 12.7. The highest BCUT2D eigenvalue weighted by Gasteiger charge is 2.65. The molecule has 1 fully saturated rings. The summed E-state index contributed by atoms with van der Waals surface area (Å²) in [5.41, 5.74) is 0.677. The van der Waals surface area contributed by atoms with Crippen molar-refractivity contribution in [2.45, 2.75) is 88.6 Å². The molecule has 0 N–H and O–H groups in total. The molecule has 0 bridgehead atoms. The Bertz CT molecular complexity index is 591. The van der Waals surface area contributed by atoms with Crippen LogP contribution in [0.2, 0.25) is 0 Å². The Morgan fingerprint density at radius 1 is 0.857 bits per heavy atom. The van der Waals surface area contributed by atoms with Crippen LogP contribution in [0.25, 0.3) is 0 Å². The van der Waals surface area contributed by atoms with E-state index in [1.807, 2.05) is 0 Å². The molecule has 1 aliphatic carbocycles. The van der Waals surface area contributed by atoms with Crippen LogP contribution >= 0.6 is 10.2 Å². The number of benzene rings is 1. The molecule has 164 valence electrons. The highest BCUT2D eigenvalue weighted by Crippen LogP contribution is 3.02. The topological polar surface area (TPSA) is 9.23 Å². The molecule has 1 saturated carbocycles. The second-order valence-corrected chi connectivity index (χ2v) is 10.5. The van der Waals surface area contributed by atoms with Gasteiger partial charge in [0.25, 0.3) is 0 Å². The first kappa shape index (κ1) is 23.5. The molecule has 1 nitrogen and oxygen atoms in total. The van der Waals surface area contributed by atoms with Gasteiger partial charge >= 0.3 is 10.2 Å². The van der Waals surface area contributed by atoms with Gasteiger partial charge in [0, 0.05) is 6.61 Å². The van der Waals surface area contributed by atoms with Crippen molar-refractivity contribution in [3.05, 3.63) is 29.8 Å². The van der Waals surface area contributed by atoms with Gasteiger partial charge < -0.3 is 4.74 Å². The van der Waals surface area contributed by atoms with Crippen molar-refractivity contribution in [2.24, 2.45) is 5.92 Å². The molecule has 28 heavy (non-hydrogen) atoms. The van der Waals surface area contributed by atoms with Gasteiger partial charge in [0.05, 0.1) is 6.10 Å². The zero-order valence-corrected chi connectivity index (χ0v) is 17.5. The van der Waals surface area contributed by atoms with Crippen LogP contribution in [0, 0.1) is 5.92 Å². The minimum atomic E-state index is -9.56. The predicted octanol–water partition coefficient (Wildman–Crippen LogP) is 8.82. The van der Waals surface area contributed by atoms with Crippen molar-refractivity contribution in [3.63, 3.8) is 0 Å². The largest absolute Gasteiger partial charge is 0.378 e. The molecule has 1 aromatic carbocycles. The van der Waals surface area contributed by atoms with Crippen LogP contribution in [0.3, 0.4) is 0 Å².